The highest BCUT2D eigenvalue weighted by Gasteiger charge is 2.13. The second-order valence-corrected chi connectivity index (χ2v) is 7.08. The summed E-state index contributed by atoms with van der Waals surface area (Å²) in [5.41, 5.74) is 0.677. The van der Waals surface area contributed by atoms with Gasteiger partial charge in [0.15, 0.2) is 6.61 Å². The van der Waals surface area contributed by atoms with Crippen molar-refractivity contribution in [3.8, 4) is 17.1 Å². The highest BCUT2D eigenvalue weighted by atomic mass is 35.5. The zero-order valence-corrected chi connectivity index (χ0v) is 16.7. The molecule has 6 heteroatoms. The van der Waals surface area contributed by atoms with Crippen molar-refractivity contribution in [1.82, 2.24) is 0 Å². The lowest BCUT2D eigenvalue weighted by Gasteiger charge is -2.09. The van der Waals surface area contributed by atoms with Gasteiger partial charge >= 0.3 is 5.97 Å². The molecule has 29 heavy (non-hydrogen) atoms. The summed E-state index contributed by atoms with van der Waals surface area (Å²) in [5, 5.41) is 2.84. The molecule has 0 bridgehead atoms. The average Bonchev–Trinajstić information content (AvgIpc) is 3.21. The zero-order chi connectivity index (χ0) is 20.2. The average molecular weight is 427 g/mol. The largest absolute Gasteiger partial charge is 0.481 e. The molecule has 0 saturated heterocycles. The lowest BCUT2D eigenvalue weighted by molar-refractivity contribution is -0.147. The lowest BCUT2D eigenvalue weighted by atomic mass is 10.1. The van der Waals surface area contributed by atoms with Crippen LogP contribution in [-0.4, -0.2) is 12.6 Å². The third-order valence-corrected chi connectivity index (χ3v) is 5.17. The smallest absolute Gasteiger partial charge is 0.344 e. The Labute approximate surface area is 177 Å². The summed E-state index contributed by atoms with van der Waals surface area (Å²) in [4.78, 5) is 12.1. The predicted octanol–water partition coefficient (Wildman–Crippen LogP) is 6.53. The summed E-state index contributed by atoms with van der Waals surface area (Å²) < 4.78 is 16.6. The van der Waals surface area contributed by atoms with E-state index in [0.29, 0.717) is 32.9 Å². The molecule has 3 aromatic carbocycles. The summed E-state index contributed by atoms with van der Waals surface area (Å²) >= 11 is 12.2. The lowest BCUT2D eigenvalue weighted by Crippen LogP contribution is -2.14. The van der Waals surface area contributed by atoms with E-state index in [1.54, 1.807) is 30.3 Å². The molecule has 0 aliphatic heterocycles. The van der Waals surface area contributed by atoms with Crippen LogP contribution >= 0.6 is 23.2 Å². The number of furan rings is 1. The maximum absolute atomic E-state index is 12.1. The maximum Gasteiger partial charge on any atom is 0.344 e. The van der Waals surface area contributed by atoms with E-state index in [-0.39, 0.29) is 13.2 Å². The van der Waals surface area contributed by atoms with Crippen LogP contribution in [0.4, 0.5) is 0 Å². The molecule has 0 atom stereocenters. The van der Waals surface area contributed by atoms with E-state index in [9.17, 15) is 4.79 Å². The molecule has 0 radical (unpaired) electrons. The van der Waals surface area contributed by atoms with Crippen LogP contribution in [-0.2, 0) is 16.1 Å². The summed E-state index contributed by atoms with van der Waals surface area (Å²) in [6, 6.07) is 22.3. The molecule has 146 valence electrons. The van der Waals surface area contributed by atoms with Gasteiger partial charge in [-0.25, -0.2) is 4.79 Å². The van der Waals surface area contributed by atoms with E-state index in [1.165, 1.54) is 0 Å². The van der Waals surface area contributed by atoms with Crippen LogP contribution in [0.2, 0.25) is 10.0 Å². The van der Waals surface area contributed by atoms with E-state index in [2.05, 4.69) is 0 Å². The van der Waals surface area contributed by atoms with Crippen LogP contribution in [0.3, 0.4) is 0 Å². The van der Waals surface area contributed by atoms with Crippen LogP contribution in [0.1, 0.15) is 5.76 Å². The zero-order valence-electron chi connectivity index (χ0n) is 15.2. The minimum atomic E-state index is -0.489. The van der Waals surface area contributed by atoms with Crippen molar-refractivity contribution in [1.29, 1.82) is 0 Å². The Morgan fingerprint density at radius 3 is 2.59 bits per heavy atom. The van der Waals surface area contributed by atoms with Crippen molar-refractivity contribution in [3.05, 3.63) is 88.6 Å². The number of halogens is 2. The van der Waals surface area contributed by atoms with Gasteiger partial charge in [-0.3, -0.25) is 0 Å². The molecule has 4 rings (SSSR count). The predicted molar refractivity (Wildman–Crippen MR) is 113 cm³/mol. The van der Waals surface area contributed by atoms with E-state index < -0.39 is 5.97 Å². The molecule has 4 nitrogen and oxygen atoms in total. The molecular formula is C23H16Cl2O4. The fraction of sp³-hybridized carbons (Fsp3) is 0.0870. The van der Waals surface area contributed by atoms with Gasteiger partial charge in [0.2, 0.25) is 0 Å². The van der Waals surface area contributed by atoms with Crippen LogP contribution in [0.15, 0.2) is 77.2 Å². The van der Waals surface area contributed by atoms with Gasteiger partial charge in [-0.1, -0.05) is 65.7 Å². The number of ether oxygens (including phenoxy) is 2. The van der Waals surface area contributed by atoms with Crippen LogP contribution < -0.4 is 4.74 Å². The number of carbonyl (C=O) groups is 1. The SMILES string of the molecule is O=C(COc1cccc2ccccc12)OCc1ccc(-c2cccc(Cl)c2Cl)o1. The first-order valence-electron chi connectivity index (χ1n) is 8.91. The number of rotatable bonds is 6. The van der Waals surface area contributed by atoms with Crippen LogP contribution in [0.5, 0.6) is 5.75 Å². The first-order chi connectivity index (χ1) is 14.1. The van der Waals surface area contributed by atoms with Gasteiger partial charge in [-0.2, -0.15) is 0 Å². The second kappa shape index (κ2) is 8.60. The Balaban J connectivity index is 1.35. The van der Waals surface area contributed by atoms with Gasteiger partial charge in [-0.05, 0) is 35.7 Å². The Morgan fingerprint density at radius 1 is 0.897 bits per heavy atom. The minimum absolute atomic E-state index is 0.00405. The summed E-state index contributed by atoms with van der Waals surface area (Å²) in [6.07, 6.45) is 0. The maximum atomic E-state index is 12.1. The number of benzene rings is 3. The Hall–Kier alpha value is -2.95. The van der Waals surface area contributed by atoms with Crippen molar-refractivity contribution in [2.45, 2.75) is 6.61 Å². The first kappa shape index (κ1) is 19.4. The normalized spacial score (nSPS) is 10.8. The van der Waals surface area contributed by atoms with Gasteiger partial charge in [0.05, 0.1) is 10.0 Å². The van der Waals surface area contributed by atoms with E-state index in [0.717, 1.165) is 10.8 Å². The monoisotopic (exact) mass is 426 g/mol. The molecule has 0 amide bonds. The molecule has 1 heterocycles. The number of carbonyl (C=O) groups excluding carboxylic acids is 1. The molecule has 0 fully saturated rings. The van der Waals surface area contributed by atoms with Crippen molar-refractivity contribution in [3.63, 3.8) is 0 Å². The van der Waals surface area contributed by atoms with Crippen LogP contribution in [0, 0.1) is 0 Å². The highest BCUT2D eigenvalue weighted by molar-refractivity contribution is 6.43. The minimum Gasteiger partial charge on any atom is -0.481 e. The van der Waals surface area contributed by atoms with Gasteiger partial charge in [0.25, 0.3) is 0 Å². The van der Waals surface area contributed by atoms with Gasteiger partial charge < -0.3 is 13.9 Å². The summed E-state index contributed by atoms with van der Waals surface area (Å²) in [7, 11) is 0. The molecule has 0 N–H and O–H groups in total. The number of esters is 1. The Kier molecular flexibility index (Phi) is 5.74. The first-order valence-corrected chi connectivity index (χ1v) is 9.67. The van der Waals surface area contributed by atoms with E-state index >= 15 is 0 Å². The number of hydrogen-bond donors (Lipinski definition) is 0. The van der Waals surface area contributed by atoms with Gasteiger partial charge in [-0.15, -0.1) is 0 Å². The third kappa shape index (κ3) is 4.39. The molecule has 0 aliphatic carbocycles. The molecule has 0 unspecified atom stereocenters. The summed E-state index contributed by atoms with van der Waals surface area (Å²) in [6.45, 7) is -0.197. The molecule has 1 aromatic heterocycles. The second-order valence-electron chi connectivity index (χ2n) is 6.29. The van der Waals surface area contributed by atoms with E-state index in [4.69, 9.17) is 37.1 Å². The molecule has 0 saturated carbocycles. The van der Waals surface area contributed by atoms with Crippen LogP contribution in [0.25, 0.3) is 22.1 Å². The van der Waals surface area contributed by atoms with Crippen molar-refractivity contribution >= 4 is 39.9 Å². The molecular weight excluding hydrogens is 411 g/mol. The Morgan fingerprint density at radius 2 is 1.69 bits per heavy atom. The number of fused-ring (bicyclic) bond motifs is 1. The van der Waals surface area contributed by atoms with Gasteiger partial charge in [0.1, 0.15) is 23.9 Å². The van der Waals surface area contributed by atoms with E-state index in [1.807, 2.05) is 42.5 Å². The third-order valence-electron chi connectivity index (χ3n) is 4.35. The highest BCUT2D eigenvalue weighted by Crippen LogP contribution is 2.34. The quantitative estimate of drug-likeness (QED) is 0.329. The van der Waals surface area contributed by atoms with Crippen molar-refractivity contribution < 1.29 is 18.7 Å². The van der Waals surface area contributed by atoms with Gasteiger partial charge in [0, 0.05) is 10.9 Å². The molecule has 0 aliphatic rings. The summed E-state index contributed by atoms with van der Waals surface area (Å²) in [5.74, 6) is 1.19. The molecule has 0 spiro atoms. The fourth-order valence-corrected chi connectivity index (χ4v) is 3.34. The Bertz CT molecular complexity index is 1160. The molecule has 4 aromatic rings. The number of hydrogen-bond acceptors (Lipinski definition) is 4. The van der Waals surface area contributed by atoms with Crippen molar-refractivity contribution in [2.75, 3.05) is 6.61 Å². The fourth-order valence-electron chi connectivity index (χ4n) is 2.95. The van der Waals surface area contributed by atoms with Crippen molar-refractivity contribution in [2.24, 2.45) is 0 Å². The standard InChI is InChI=1S/C23H16Cl2O4/c24-19-9-4-8-18(23(19)25)21-12-11-16(29-21)13-28-22(26)14-27-20-10-3-6-15-5-1-2-7-17(15)20/h1-12H,13-14H2. The topological polar surface area (TPSA) is 48.7 Å².